The standard InChI is InChI=1S/C24H23N5O2/c1-28(2)24(31)16-26-22-13-20-19(15-25-22)21(30)14-23(27-17-9-5-3-6-10-17)29(20)18-11-7-4-8-12-18/h3-15,27H,16H2,1-2H3,(H,25,26). The van der Waals surface area contributed by atoms with Gasteiger partial charge in [-0.25, -0.2) is 4.98 Å². The minimum atomic E-state index is -0.135. The Morgan fingerprint density at radius 2 is 1.68 bits per heavy atom. The molecule has 0 saturated heterocycles. The van der Waals surface area contributed by atoms with E-state index in [1.165, 1.54) is 4.90 Å². The van der Waals surface area contributed by atoms with E-state index in [1.54, 1.807) is 32.4 Å². The summed E-state index contributed by atoms with van der Waals surface area (Å²) in [7, 11) is 3.40. The Balaban J connectivity index is 1.86. The van der Waals surface area contributed by atoms with Crippen LogP contribution in [0.3, 0.4) is 0 Å². The molecule has 156 valence electrons. The molecule has 4 rings (SSSR count). The van der Waals surface area contributed by atoms with Crippen LogP contribution < -0.4 is 16.1 Å². The summed E-state index contributed by atoms with van der Waals surface area (Å²) in [5.74, 6) is 1.09. The Kier molecular flexibility index (Phi) is 5.66. The Hall–Kier alpha value is -4.13. The van der Waals surface area contributed by atoms with E-state index in [2.05, 4.69) is 15.6 Å². The fourth-order valence-electron chi connectivity index (χ4n) is 3.25. The zero-order valence-corrected chi connectivity index (χ0v) is 17.4. The van der Waals surface area contributed by atoms with Crippen molar-refractivity contribution < 1.29 is 4.79 Å². The lowest BCUT2D eigenvalue weighted by Crippen LogP contribution is -2.28. The lowest BCUT2D eigenvalue weighted by atomic mass is 10.2. The van der Waals surface area contributed by atoms with Crippen molar-refractivity contribution in [2.75, 3.05) is 31.3 Å². The molecule has 0 aliphatic carbocycles. The molecule has 31 heavy (non-hydrogen) atoms. The molecule has 0 aliphatic rings. The average molecular weight is 413 g/mol. The SMILES string of the molecule is CN(C)C(=O)CNc1cc2c(cn1)c(=O)cc(Nc1ccccc1)n2-c1ccccc1. The van der Waals surface area contributed by atoms with E-state index in [1.807, 2.05) is 65.2 Å². The number of rotatable bonds is 6. The Morgan fingerprint density at radius 1 is 1.00 bits per heavy atom. The van der Waals surface area contributed by atoms with Gasteiger partial charge in [0.05, 0.1) is 17.4 Å². The number of amides is 1. The number of hydrogen-bond donors (Lipinski definition) is 2. The lowest BCUT2D eigenvalue weighted by Gasteiger charge is -2.19. The van der Waals surface area contributed by atoms with Crippen molar-refractivity contribution in [3.05, 3.63) is 89.2 Å². The zero-order valence-electron chi connectivity index (χ0n) is 17.4. The lowest BCUT2D eigenvalue weighted by molar-refractivity contribution is -0.126. The maximum Gasteiger partial charge on any atom is 0.241 e. The number of likely N-dealkylation sites (N-methyl/N-ethyl adjacent to an activating group) is 1. The summed E-state index contributed by atoms with van der Waals surface area (Å²) in [6.45, 7) is 0.114. The van der Waals surface area contributed by atoms with Crippen LogP contribution >= 0.6 is 0 Å². The maximum absolute atomic E-state index is 12.9. The highest BCUT2D eigenvalue weighted by atomic mass is 16.2. The summed E-state index contributed by atoms with van der Waals surface area (Å²) < 4.78 is 1.98. The van der Waals surface area contributed by atoms with E-state index in [4.69, 9.17) is 0 Å². The van der Waals surface area contributed by atoms with Crippen LogP contribution in [0.2, 0.25) is 0 Å². The van der Waals surface area contributed by atoms with Gasteiger partial charge in [0, 0.05) is 43.8 Å². The molecule has 0 spiro atoms. The number of carbonyl (C=O) groups is 1. The topological polar surface area (TPSA) is 79.3 Å². The number of carbonyl (C=O) groups excluding carboxylic acids is 1. The third-order valence-corrected chi connectivity index (χ3v) is 4.88. The molecule has 2 aromatic heterocycles. The molecule has 0 radical (unpaired) electrons. The van der Waals surface area contributed by atoms with Crippen molar-refractivity contribution in [2.24, 2.45) is 0 Å². The van der Waals surface area contributed by atoms with Crippen LogP contribution in [-0.2, 0) is 4.79 Å². The fourth-order valence-corrected chi connectivity index (χ4v) is 3.25. The van der Waals surface area contributed by atoms with Crippen LogP contribution in [-0.4, -0.2) is 41.0 Å². The van der Waals surface area contributed by atoms with Gasteiger partial charge in [0.1, 0.15) is 11.6 Å². The van der Waals surface area contributed by atoms with Gasteiger partial charge in [-0.3, -0.25) is 14.2 Å². The Bertz CT molecular complexity index is 1270. The van der Waals surface area contributed by atoms with Crippen LogP contribution in [0, 0.1) is 0 Å². The van der Waals surface area contributed by atoms with Crippen molar-refractivity contribution in [3.8, 4) is 5.69 Å². The summed E-state index contributed by atoms with van der Waals surface area (Å²) in [5.41, 5.74) is 2.32. The molecule has 7 nitrogen and oxygen atoms in total. The van der Waals surface area contributed by atoms with Crippen molar-refractivity contribution in [1.29, 1.82) is 0 Å². The van der Waals surface area contributed by atoms with Gasteiger partial charge in [-0.2, -0.15) is 0 Å². The molecule has 0 atom stereocenters. The molecule has 2 heterocycles. The summed E-state index contributed by atoms with van der Waals surface area (Å²) in [6.07, 6.45) is 1.55. The first-order valence-corrected chi connectivity index (χ1v) is 9.90. The molecular weight excluding hydrogens is 390 g/mol. The number of para-hydroxylation sites is 2. The third kappa shape index (κ3) is 4.40. The highest BCUT2D eigenvalue weighted by Gasteiger charge is 2.13. The molecule has 1 amide bonds. The van der Waals surface area contributed by atoms with Crippen LogP contribution in [0.15, 0.2) is 83.8 Å². The van der Waals surface area contributed by atoms with E-state index in [0.717, 1.165) is 11.4 Å². The molecular formula is C24H23N5O2. The van der Waals surface area contributed by atoms with Crippen molar-refractivity contribution in [2.45, 2.75) is 0 Å². The second-order valence-electron chi connectivity index (χ2n) is 7.28. The van der Waals surface area contributed by atoms with Gasteiger partial charge in [0.25, 0.3) is 0 Å². The molecule has 0 saturated carbocycles. The van der Waals surface area contributed by atoms with Crippen molar-refractivity contribution in [3.63, 3.8) is 0 Å². The molecule has 4 aromatic rings. The van der Waals surface area contributed by atoms with Crippen LogP contribution in [0.5, 0.6) is 0 Å². The smallest absolute Gasteiger partial charge is 0.241 e. The van der Waals surface area contributed by atoms with E-state index in [0.29, 0.717) is 22.5 Å². The molecule has 0 bridgehead atoms. The number of nitrogens with zero attached hydrogens (tertiary/aromatic N) is 3. The van der Waals surface area contributed by atoms with E-state index >= 15 is 0 Å². The predicted octanol–water partition coefficient (Wildman–Crippen LogP) is 3.63. The molecule has 0 aliphatic heterocycles. The maximum atomic E-state index is 12.9. The van der Waals surface area contributed by atoms with Crippen LogP contribution in [0.4, 0.5) is 17.3 Å². The Morgan fingerprint density at radius 3 is 2.35 bits per heavy atom. The van der Waals surface area contributed by atoms with Crippen LogP contribution in [0.1, 0.15) is 0 Å². The molecule has 2 aromatic carbocycles. The molecule has 2 N–H and O–H groups in total. The average Bonchev–Trinajstić information content (AvgIpc) is 2.78. The van der Waals surface area contributed by atoms with Gasteiger partial charge >= 0.3 is 0 Å². The number of nitrogens with one attached hydrogen (secondary N) is 2. The minimum Gasteiger partial charge on any atom is -0.361 e. The van der Waals surface area contributed by atoms with Gasteiger partial charge in [-0.05, 0) is 24.3 Å². The first-order chi connectivity index (χ1) is 15.0. The summed E-state index contributed by atoms with van der Waals surface area (Å²) in [4.78, 5) is 30.7. The highest BCUT2D eigenvalue weighted by Crippen LogP contribution is 2.26. The van der Waals surface area contributed by atoms with Gasteiger partial charge in [0.15, 0.2) is 5.43 Å². The van der Waals surface area contributed by atoms with Gasteiger partial charge < -0.3 is 15.5 Å². The van der Waals surface area contributed by atoms with E-state index in [-0.39, 0.29) is 17.9 Å². The first-order valence-electron chi connectivity index (χ1n) is 9.90. The molecule has 0 fully saturated rings. The van der Waals surface area contributed by atoms with E-state index in [9.17, 15) is 9.59 Å². The second-order valence-corrected chi connectivity index (χ2v) is 7.28. The summed E-state index contributed by atoms with van der Waals surface area (Å²) in [5, 5.41) is 6.89. The molecule has 0 unspecified atom stereocenters. The minimum absolute atomic E-state index is 0.0677. The number of fused-ring (bicyclic) bond motifs is 1. The Labute approximate surface area is 180 Å². The number of anilines is 3. The third-order valence-electron chi connectivity index (χ3n) is 4.88. The largest absolute Gasteiger partial charge is 0.361 e. The first kappa shape index (κ1) is 20.2. The van der Waals surface area contributed by atoms with Gasteiger partial charge in [0.2, 0.25) is 5.91 Å². The second kappa shape index (κ2) is 8.71. The number of aromatic nitrogens is 2. The highest BCUT2D eigenvalue weighted by molar-refractivity contribution is 5.86. The normalized spacial score (nSPS) is 10.6. The fraction of sp³-hybridized carbons (Fsp3) is 0.125. The monoisotopic (exact) mass is 413 g/mol. The quantitative estimate of drug-likeness (QED) is 0.505. The summed E-state index contributed by atoms with van der Waals surface area (Å²) in [6, 6.07) is 22.8. The van der Waals surface area contributed by atoms with Gasteiger partial charge in [-0.15, -0.1) is 0 Å². The number of hydrogen-bond acceptors (Lipinski definition) is 5. The van der Waals surface area contributed by atoms with E-state index < -0.39 is 0 Å². The summed E-state index contributed by atoms with van der Waals surface area (Å²) >= 11 is 0. The van der Waals surface area contributed by atoms with Crippen molar-refractivity contribution >= 4 is 34.1 Å². The van der Waals surface area contributed by atoms with Crippen molar-refractivity contribution in [1.82, 2.24) is 14.5 Å². The number of benzene rings is 2. The predicted molar refractivity (Wildman–Crippen MR) is 124 cm³/mol. The van der Waals surface area contributed by atoms with Crippen LogP contribution in [0.25, 0.3) is 16.6 Å². The number of pyridine rings is 2. The zero-order chi connectivity index (χ0) is 21.8. The van der Waals surface area contributed by atoms with Gasteiger partial charge in [-0.1, -0.05) is 36.4 Å². The molecule has 7 heteroatoms.